The topological polar surface area (TPSA) is 117 Å². The van der Waals surface area contributed by atoms with Crippen LogP contribution in [-0.4, -0.2) is 57.4 Å². The molecule has 0 saturated carbocycles. The highest BCUT2D eigenvalue weighted by molar-refractivity contribution is 7.92. The normalized spacial score (nSPS) is 15.3. The summed E-state index contributed by atoms with van der Waals surface area (Å²) >= 11 is 0. The number of ether oxygens (including phenoxy) is 1. The number of hydrogen-bond donors (Lipinski definition) is 3. The zero-order valence-electron chi connectivity index (χ0n) is 25.4. The zero-order chi connectivity index (χ0) is 33.5. The van der Waals surface area contributed by atoms with Crippen LogP contribution < -0.4 is 25.0 Å². The van der Waals surface area contributed by atoms with Crippen molar-refractivity contribution in [1.82, 2.24) is 10.6 Å². The third kappa shape index (κ3) is 9.66. The Morgan fingerprint density at radius 1 is 0.978 bits per heavy atom. The number of nitrogens with one attached hydrogen (secondary N) is 3. The van der Waals surface area contributed by atoms with Gasteiger partial charge in [0.25, 0.3) is 5.91 Å². The number of rotatable bonds is 13. The van der Waals surface area contributed by atoms with Gasteiger partial charge in [0.15, 0.2) is 11.6 Å². The van der Waals surface area contributed by atoms with Gasteiger partial charge in [-0.25, -0.2) is 12.8 Å². The lowest BCUT2D eigenvalue weighted by atomic mass is 10.0. The highest BCUT2D eigenvalue weighted by Gasteiger charge is 2.32. The molecular weight excluding hydrogens is 628 g/mol. The molecule has 14 heteroatoms. The van der Waals surface area contributed by atoms with Crippen LogP contribution in [0, 0.1) is 5.82 Å². The number of Topliss-reactive ketones (excluding diaryl/α,β-unsaturated/α-hetero) is 1. The highest BCUT2D eigenvalue weighted by Crippen LogP contribution is 2.32. The molecule has 0 bridgehead atoms. The van der Waals surface area contributed by atoms with Gasteiger partial charge in [0.1, 0.15) is 5.75 Å². The maximum absolute atomic E-state index is 16.0. The molecule has 1 saturated heterocycles. The predicted octanol–water partition coefficient (Wildman–Crippen LogP) is 5.17. The molecule has 4 rings (SSSR count). The average Bonchev–Trinajstić information content (AvgIpc) is 2.97. The van der Waals surface area contributed by atoms with E-state index in [-0.39, 0.29) is 43.5 Å². The molecule has 1 atom stereocenters. The molecule has 3 aromatic rings. The van der Waals surface area contributed by atoms with Gasteiger partial charge >= 0.3 is 6.36 Å². The van der Waals surface area contributed by atoms with Crippen molar-refractivity contribution in [1.29, 1.82) is 0 Å². The lowest BCUT2D eigenvalue weighted by molar-refractivity contribution is -0.274. The first-order chi connectivity index (χ1) is 21.7. The molecule has 0 aliphatic carbocycles. The lowest BCUT2D eigenvalue weighted by Gasteiger charge is -2.30. The van der Waals surface area contributed by atoms with E-state index in [1.54, 1.807) is 36.4 Å². The number of anilines is 2. The van der Waals surface area contributed by atoms with E-state index in [1.807, 2.05) is 13.8 Å². The summed E-state index contributed by atoms with van der Waals surface area (Å²) in [5.41, 5.74) is 0.798. The second kappa shape index (κ2) is 14.9. The Morgan fingerprint density at radius 3 is 2.37 bits per heavy atom. The molecule has 3 N–H and O–H groups in total. The molecule has 0 radical (unpaired) electrons. The Labute approximate surface area is 265 Å². The van der Waals surface area contributed by atoms with Crippen molar-refractivity contribution in [3.63, 3.8) is 0 Å². The first-order valence-electron chi connectivity index (χ1n) is 14.8. The van der Waals surface area contributed by atoms with E-state index in [9.17, 15) is 31.2 Å². The maximum atomic E-state index is 16.0. The number of carbonyl (C=O) groups is 2. The van der Waals surface area contributed by atoms with Gasteiger partial charge in [-0.3, -0.25) is 13.9 Å². The minimum Gasteiger partial charge on any atom is -0.406 e. The predicted molar refractivity (Wildman–Crippen MR) is 167 cm³/mol. The third-order valence-electron chi connectivity index (χ3n) is 7.11. The molecular formula is C32H36F4N4O5S. The van der Waals surface area contributed by atoms with Gasteiger partial charge in [-0.05, 0) is 68.5 Å². The van der Waals surface area contributed by atoms with Crippen LogP contribution >= 0.6 is 0 Å². The molecule has 1 fully saturated rings. The van der Waals surface area contributed by atoms with Gasteiger partial charge in [-0.15, -0.1) is 13.2 Å². The Bertz CT molecular complexity index is 1640. The molecule has 0 aromatic heterocycles. The molecule has 0 unspecified atom stereocenters. The Kier molecular flexibility index (Phi) is 11.3. The van der Waals surface area contributed by atoms with Gasteiger partial charge in [-0.2, -0.15) is 0 Å². The van der Waals surface area contributed by atoms with Crippen molar-refractivity contribution >= 4 is 33.1 Å². The monoisotopic (exact) mass is 664 g/mol. The van der Waals surface area contributed by atoms with Gasteiger partial charge < -0.3 is 20.7 Å². The van der Waals surface area contributed by atoms with Gasteiger partial charge in [-0.1, -0.05) is 42.5 Å². The van der Waals surface area contributed by atoms with Crippen LogP contribution in [0.3, 0.4) is 0 Å². The Balaban J connectivity index is 1.56. The summed E-state index contributed by atoms with van der Waals surface area (Å²) in [6, 6.07) is 15.5. The summed E-state index contributed by atoms with van der Waals surface area (Å²) in [4.78, 5) is 27.0. The largest absolute Gasteiger partial charge is 0.573 e. The van der Waals surface area contributed by atoms with Crippen molar-refractivity contribution < 1.29 is 40.3 Å². The van der Waals surface area contributed by atoms with Gasteiger partial charge in [0, 0.05) is 24.8 Å². The summed E-state index contributed by atoms with van der Waals surface area (Å²) in [7, 11) is -3.80. The van der Waals surface area contributed by atoms with E-state index in [2.05, 4.69) is 20.7 Å². The highest BCUT2D eigenvalue weighted by atomic mass is 32.2. The number of carbonyl (C=O) groups excluding carboxylic acids is 2. The van der Waals surface area contributed by atoms with Crippen LogP contribution in [0.1, 0.15) is 48.2 Å². The maximum Gasteiger partial charge on any atom is 0.573 e. The number of halogens is 4. The number of hydrogen-bond acceptors (Lipinski definition) is 7. The van der Waals surface area contributed by atoms with Crippen LogP contribution in [0.2, 0.25) is 0 Å². The summed E-state index contributed by atoms with van der Waals surface area (Å²) in [6.07, 6.45) is -3.80. The molecule has 1 amide bonds. The molecule has 0 spiro atoms. The van der Waals surface area contributed by atoms with Crippen molar-refractivity contribution in [2.45, 2.75) is 58.1 Å². The van der Waals surface area contributed by atoms with E-state index in [0.29, 0.717) is 29.7 Å². The number of ketones is 1. The van der Waals surface area contributed by atoms with E-state index < -0.39 is 51.2 Å². The Morgan fingerprint density at radius 2 is 1.70 bits per heavy atom. The first kappa shape index (κ1) is 34.7. The van der Waals surface area contributed by atoms with Crippen LogP contribution in [0.4, 0.5) is 28.9 Å². The summed E-state index contributed by atoms with van der Waals surface area (Å²) in [5.74, 6) is -2.94. The van der Waals surface area contributed by atoms with Crippen LogP contribution in [0.5, 0.6) is 5.75 Å². The number of benzene rings is 3. The van der Waals surface area contributed by atoms with Crippen LogP contribution in [-0.2, 0) is 27.8 Å². The smallest absolute Gasteiger partial charge is 0.406 e. The van der Waals surface area contributed by atoms with Gasteiger partial charge in [0.05, 0.1) is 29.6 Å². The second-order valence-corrected chi connectivity index (χ2v) is 13.2. The first-order valence-corrected chi connectivity index (χ1v) is 16.4. The quantitative estimate of drug-likeness (QED) is 0.216. The lowest BCUT2D eigenvalue weighted by Crippen LogP contribution is -2.46. The van der Waals surface area contributed by atoms with Crippen molar-refractivity contribution in [2.24, 2.45) is 0 Å². The fourth-order valence-electron chi connectivity index (χ4n) is 5.07. The van der Waals surface area contributed by atoms with E-state index in [0.717, 1.165) is 10.4 Å². The zero-order valence-corrected chi connectivity index (χ0v) is 26.2. The fraction of sp³-hybridized carbons (Fsp3) is 0.375. The van der Waals surface area contributed by atoms with Crippen LogP contribution in [0.25, 0.3) is 0 Å². The van der Waals surface area contributed by atoms with Crippen molar-refractivity contribution in [3.05, 3.63) is 89.2 Å². The van der Waals surface area contributed by atoms with E-state index in [4.69, 9.17) is 0 Å². The van der Waals surface area contributed by atoms with Crippen LogP contribution in [0.15, 0.2) is 66.7 Å². The molecule has 248 valence electrons. The number of alkyl halides is 3. The summed E-state index contributed by atoms with van der Waals surface area (Å²) < 4.78 is 84.4. The number of amides is 1. The summed E-state index contributed by atoms with van der Waals surface area (Å²) in [6.45, 7) is 3.50. The molecule has 1 aliphatic heterocycles. The van der Waals surface area contributed by atoms with Crippen molar-refractivity contribution in [2.75, 3.05) is 28.5 Å². The standard InChI is InChI=1S/C32H36F4N4O5S/c1-21(2)38-24-17-26(30(33)28(18-24)40-13-6-7-14-46(40,43)44)31(42)39-27(16-22-9-4-3-5-10-22)29(41)20-37-19-23-11-8-12-25(15-23)45-32(34,35)36/h3-5,8-12,15,17-18,21,27,37-38H,6-7,13-14,16,19-20H2,1-2H3,(H,39,42)/t27-/m0/s1. The molecule has 1 heterocycles. The molecule has 9 nitrogen and oxygen atoms in total. The minimum absolute atomic E-state index is 0.0258. The molecule has 46 heavy (non-hydrogen) atoms. The number of sulfonamides is 1. The van der Waals surface area contributed by atoms with E-state index >= 15 is 4.39 Å². The molecule has 1 aliphatic rings. The Hall–Kier alpha value is -4.17. The fourth-order valence-corrected chi connectivity index (χ4v) is 6.70. The number of nitrogens with zero attached hydrogens (tertiary/aromatic N) is 1. The van der Waals surface area contributed by atoms with E-state index in [1.165, 1.54) is 24.3 Å². The second-order valence-electron chi connectivity index (χ2n) is 11.2. The van der Waals surface area contributed by atoms with Crippen molar-refractivity contribution in [3.8, 4) is 5.75 Å². The minimum atomic E-state index is -4.85. The SMILES string of the molecule is CC(C)Nc1cc(C(=O)N[C@@H](Cc2ccccc2)C(=O)CNCc2cccc(OC(F)(F)F)c2)c(F)c(N2CCCCS2(=O)=O)c1. The molecule has 3 aromatic carbocycles. The average molecular weight is 665 g/mol. The summed E-state index contributed by atoms with van der Waals surface area (Å²) in [5, 5.41) is 8.60. The van der Waals surface area contributed by atoms with Gasteiger partial charge in [0.2, 0.25) is 10.0 Å². The third-order valence-corrected chi connectivity index (χ3v) is 8.96.